The van der Waals surface area contributed by atoms with E-state index in [9.17, 15) is 4.57 Å². The fraction of sp³-hybridized carbons (Fsp3) is 0.625. The molecule has 1 aromatic rings. The normalized spacial score (nSPS) is 15.4. The minimum atomic E-state index is -2.55. The van der Waals surface area contributed by atoms with Crippen LogP contribution in [0.25, 0.3) is 0 Å². The SMILES string of the molecule is CCOP(C)(=O)Cc1csc(CO)n1. The number of hydrogen-bond acceptors (Lipinski definition) is 5. The molecule has 0 saturated carbocycles. The van der Waals surface area contributed by atoms with Gasteiger partial charge in [-0.2, -0.15) is 0 Å². The Kier molecular flexibility index (Phi) is 4.26. The molecular formula is C8H14NO3PS. The van der Waals surface area contributed by atoms with Crippen LogP contribution in [0, 0.1) is 0 Å². The van der Waals surface area contributed by atoms with Gasteiger partial charge in [0.15, 0.2) is 0 Å². The first kappa shape index (κ1) is 11.9. The third kappa shape index (κ3) is 3.50. The van der Waals surface area contributed by atoms with E-state index in [1.165, 1.54) is 11.3 Å². The van der Waals surface area contributed by atoms with E-state index in [1.54, 1.807) is 12.0 Å². The van der Waals surface area contributed by atoms with Crippen molar-refractivity contribution in [1.82, 2.24) is 4.98 Å². The summed E-state index contributed by atoms with van der Waals surface area (Å²) in [4.78, 5) is 4.11. The maximum Gasteiger partial charge on any atom is 0.206 e. The highest BCUT2D eigenvalue weighted by atomic mass is 32.1. The summed E-state index contributed by atoms with van der Waals surface area (Å²) in [6, 6.07) is 0. The van der Waals surface area contributed by atoms with Crippen LogP contribution in [0.15, 0.2) is 5.38 Å². The predicted molar refractivity (Wildman–Crippen MR) is 56.9 cm³/mol. The molecule has 0 bridgehead atoms. The average molecular weight is 235 g/mol. The van der Waals surface area contributed by atoms with Gasteiger partial charge < -0.3 is 9.63 Å². The molecule has 1 N–H and O–H groups in total. The Hall–Kier alpha value is -0.220. The van der Waals surface area contributed by atoms with E-state index in [2.05, 4.69) is 4.98 Å². The van der Waals surface area contributed by atoms with Gasteiger partial charge in [0, 0.05) is 12.0 Å². The van der Waals surface area contributed by atoms with Crippen LogP contribution in [0.3, 0.4) is 0 Å². The third-order valence-electron chi connectivity index (χ3n) is 1.59. The number of aliphatic hydroxyl groups is 1. The number of rotatable bonds is 5. The molecule has 0 radical (unpaired) electrons. The topological polar surface area (TPSA) is 59.4 Å². The van der Waals surface area contributed by atoms with Gasteiger partial charge in [0.25, 0.3) is 0 Å². The molecule has 0 saturated heterocycles. The fourth-order valence-corrected chi connectivity index (χ4v) is 3.27. The molecule has 0 fully saturated rings. The van der Waals surface area contributed by atoms with E-state index in [0.29, 0.717) is 17.8 Å². The minimum Gasteiger partial charge on any atom is -0.389 e. The molecule has 14 heavy (non-hydrogen) atoms. The summed E-state index contributed by atoms with van der Waals surface area (Å²) < 4.78 is 16.9. The Labute approximate surface area is 87.4 Å². The van der Waals surface area contributed by atoms with Gasteiger partial charge in [0.05, 0.1) is 25.1 Å². The van der Waals surface area contributed by atoms with E-state index < -0.39 is 7.37 Å². The number of thiazole rings is 1. The van der Waals surface area contributed by atoms with Crippen molar-refractivity contribution in [3.05, 3.63) is 16.1 Å². The van der Waals surface area contributed by atoms with Gasteiger partial charge in [-0.15, -0.1) is 11.3 Å². The average Bonchev–Trinajstić information content (AvgIpc) is 2.51. The van der Waals surface area contributed by atoms with Crippen molar-refractivity contribution < 1.29 is 14.2 Å². The molecule has 80 valence electrons. The van der Waals surface area contributed by atoms with Crippen molar-refractivity contribution in [2.45, 2.75) is 19.7 Å². The number of hydrogen-bond donors (Lipinski definition) is 1. The molecule has 1 heterocycles. The predicted octanol–water partition coefficient (Wildman–Crippen LogP) is 2.08. The second kappa shape index (κ2) is 5.03. The number of aliphatic hydroxyl groups excluding tert-OH is 1. The van der Waals surface area contributed by atoms with Gasteiger partial charge in [0.1, 0.15) is 5.01 Å². The van der Waals surface area contributed by atoms with Gasteiger partial charge in [-0.05, 0) is 6.92 Å². The molecule has 0 aliphatic heterocycles. The second-order valence-corrected chi connectivity index (χ2v) is 6.53. The summed E-state index contributed by atoms with van der Waals surface area (Å²) >= 11 is 1.37. The first-order valence-electron chi connectivity index (χ1n) is 4.32. The molecule has 1 aromatic heterocycles. The summed E-state index contributed by atoms with van der Waals surface area (Å²) in [6.45, 7) is 3.81. The molecule has 4 nitrogen and oxygen atoms in total. The third-order valence-corrected chi connectivity index (χ3v) is 4.17. The maximum atomic E-state index is 11.8. The zero-order valence-corrected chi connectivity index (χ0v) is 9.98. The molecule has 1 rings (SSSR count). The van der Waals surface area contributed by atoms with Gasteiger partial charge in [-0.1, -0.05) is 0 Å². The first-order valence-corrected chi connectivity index (χ1v) is 7.46. The molecule has 0 aliphatic rings. The monoisotopic (exact) mass is 235 g/mol. The lowest BCUT2D eigenvalue weighted by molar-refractivity contribution is 0.281. The summed E-state index contributed by atoms with van der Waals surface area (Å²) in [5, 5.41) is 11.3. The molecular weight excluding hydrogens is 221 g/mol. The highest BCUT2D eigenvalue weighted by molar-refractivity contribution is 7.57. The fourth-order valence-electron chi connectivity index (χ4n) is 1.11. The van der Waals surface area contributed by atoms with Gasteiger partial charge in [0.2, 0.25) is 7.37 Å². The molecule has 0 aliphatic carbocycles. The first-order chi connectivity index (χ1) is 6.57. The van der Waals surface area contributed by atoms with E-state index in [0.717, 1.165) is 5.69 Å². The zero-order chi connectivity index (χ0) is 10.6. The van der Waals surface area contributed by atoms with Crippen LogP contribution in [0.4, 0.5) is 0 Å². The van der Waals surface area contributed by atoms with Crippen LogP contribution in [0.2, 0.25) is 0 Å². The summed E-state index contributed by atoms with van der Waals surface area (Å²) in [5.74, 6) is 0. The van der Waals surface area contributed by atoms with Gasteiger partial charge >= 0.3 is 0 Å². The highest BCUT2D eigenvalue weighted by Crippen LogP contribution is 2.45. The molecule has 6 heteroatoms. The Morgan fingerprint density at radius 3 is 2.93 bits per heavy atom. The van der Waals surface area contributed by atoms with Crippen LogP contribution in [-0.4, -0.2) is 23.4 Å². The Morgan fingerprint density at radius 2 is 2.43 bits per heavy atom. The van der Waals surface area contributed by atoms with E-state index >= 15 is 0 Å². The lowest BCUT2D eigenvalue weighted by atomic mass is 10.6. The Bertz CT molecular complexity index is 339. The van der Waals surface area contributed by atoms with Crippen molar-refractivity contribution >= 4 is 18.7 Å². The lowest BCUT2D eigenvalue weighted by Crippen LogP contribution is -1.93. The largest absolute Gasteiger partial charge is 0.389 e. The van der Waals surface area contributed by atoms with Crippen LogP contribution in [0.1, 0.15) is 17.6 Å². The van der Waals surface area contributed by atoms with Gasteiger partial charge in [-0.3, -0.25) is 4.57 Å². The number of nitrogens with zero attached hydrogens (tertiary/aromatic N) is 1. The molecule has 1 unspecified atom stereocenters. The standard InChI is InChI=1S/C8H14NO3PS/c1-3-12-13(2,11)5-7-6-14-8(4-10)9-7/h6,10H,3-5H2,1-2H3. The second-order valence-electron chi connectivity index (χ2n) is 2.98. The van der Waals surface area contributed by atoms with Crippen LogP contribution < -0.4 is 0 Å². The summed E-state index contributed by atoms with van der Waals surface area (Å²) in [5.41, 5.74) is 0.735. The van der Waals surface area contributed by atoms with Crippen LogP contribution in [0.5, 0.6) is 0 Å². The maximum absolute atomic E-state index is 11.8. The summed E-state index contributed by atoms with van der Waals surface area (Å²) in [6.07, 6.45) is 0.345. The summed E-state index contributed by atoms with van der Waals surface area (Å²) in [7, 11) is -2.55. The van der Waals surface area contributed by atoms with Crippen molar-refractivity contribution in [3.63, 3.8) is 0 Å². The van der Waals surface area contributed by atoms with Crippen LogP contribution in [-0.2, 0) is 21.9 Å². The van der Waals surface area contributed by atoms with Gasteiger partial charge in [-0.25, -0.2) is 4.98 Å². The smallest absolute Gasteiger partial charge is 0.206 e. The molecule has 0 aromatic carbocycles. The lowest BCUT2D eigenvalue weighted by Gasteiger charge is -2.10. The minimum absolute atomic E-state index is 0.0622. The zero-order valence-electron chi connectivity index (χ0n) is 8.27. The highest BCUT2D eigenvalue weighted by Gasteiger charge is 2.17. The Balaban J connectivity index is 2.63. The van der Waals surface area contributed by atoms with Crippen molar-refractivity contribution in [3.8, 4) is 0 Å². The van der Waals surface area contributed by atoms with Crippen molar-refractivity contribution in [2.75, 3.05) is 13.3 Å². The Morgan fingerprint density at radius 1 is 1.71 bits per heavy atom. The van der Waals surface area contributed by atoms with Crippen molar-refractivity contribution in [2.24, 2.45) is 0 Å². The van der Waals surface area contributed by atoms with E-state index in [4.69, 9.17) is 9.63 Å². The van der Waals surface area contributed by atoms with E-state index in [1.807, 2.05) is 6.92 Å². The molecule has 0 spiro atoms. The van der Waals surface area contributed by atoms with E-state index in [-0.39, 0.29) is 6.61 Å². The number of aromatic nitrogens is 1. The van der Waals surface area contributed by atoms with Crippen molar-refractivity contribution in [1.29, 1.82) is 0 Å². The van der Waals surface area contributed by atoms with Crippen LogP contribution >= 0.6 is 18.7 Å². The molecule has 0 amide bonds. The molecule has 1 atom stereocenters. The quantitative estimate of drug-likeness (QED) is 0.794.